The Kier molecular flexibility index (Phi) is 5.20. The van der Waals surface area contributed by atoms with Gasteiger partial charge in [-0.25, -0.2) is 0 Å². The van der Waals surface area contributed by atoms with Crippen LogP contribution in [-0.4, -0.2) is 44.0 Å². The molecular formula is C18H21N5O4. The summed E-state index contributed by atoms with van der Waals surface area (Å²) in [5.74, 6) is -0.507. The van der Waals surface area contributed by atoms with Crippen LogP contribution in [0.3, 0.4) is 0 Å². The summed E-state index contributed by atoms with van der Waals surface area (Å²) < 4.78 is 1.33. The Morgan fingerprint density at radius 3 is 2.63 bits per heavy atom. The van der Waals surface area contributed by atoms with Gasteiger partial charge in [0.1, 0.15) is 24.0 Å². The minimum Gasteiger partial charge on any atom is -0.329 e. The van der Waals surface area contributed by atoms with Gasteiger partial charge in [-0.1, -0.05) is 18.2 Å². The van der Waals surface area contributed by atoms with Gasteiger partial charge in [0.15, 0.2) is 0 Å². The molecule has 0 bridgehead atoms. The van der Waals surface area contributed by atoms with Gasteiger partial charge in [-0.15, -0.1) is 0 Å². The van der Waals surface area contributed by atoms with Crippen LogP contribution in [0.25, 0.3) is 0 Å². The summed E-state index contributed by atoms with van der Waals surface area (Å²) in [6.45, 7) is 3.45. The molecule has 2 amide bonds. The standard InChI is InChI=1S/C18H21N5O4/c1-12-17(23(26)27)13(2)22(20-12)11-16(24)21-10-6-9-15(21)18(25)19-14-7-4-3-5-8-14/h3-5,7-8,15H,6,9-11H2,1-2H3,(H,19,25)/t15-/m1/s1. The molecule has 1 saturated heterocycles. The summed E-state index contributed by atoms with van der Waals surface area (Å²) in [6, 6.07) is 8.52. The van der Waals surface area contributed by atoms with Gasteiger partial charge < -0.3 is 10.2 Å². The molecule has 0 aliphatic carbocycles. The monoisotopic (exact) mass is 371 g/mol. The Labute approximate surface area is 156 Å². The molecule has 0 radical (unpaired) electrons. The molecule has 0 spiro atoms. The molecule has 1 atom stereocenters. The van der Waals surface area contributed by atoms with Crippen molar-refractivity contribution < 1.29 is 14.5 Å². The minimum absolute atomic E-state index is 0.0809. The Morgan fingerprint density at radius 2 is 2.00 bits per heavy atom. The van der Waals surface area contributed by atoms with E-state index in [1.54, 1.807) is 19.1 Å². The van der Waals surface area contributed by atoms with Gasteiger partial charge in [-0.05, 0) is 38.8 Å². The van der Waals surface area contributed by atoms with E-state index in [-0.39, 0.29) is 29.7 Å². The first kappa shape index (κ1) is 18.6. The van der Waals surface area contributed by atoms with E-state index in [0.29, 0.717) is 24.3 Å². The number of nitro groups is 1. The van der Waals surface area contributed by atoms with E-state index >= 15 is 0 Å². The first-order valence-corrected chi connectivity index (χ1v) is 8.72. The van der Waals surface area contributed by atoms with Gasteiger partial charge >= 0.3 is 5.69 Å². The molecule has 0 unspecified atom stereocenters. The van der Waals surface area contributed by atoms with Gasteiger partial charge in [-0.2, -0.15) is 5.10 Å². The number of anilines is 1. The number of rotatable bonds is 5. The van der Waals surface area contributed by atoms with Crippen molar-refractivity contribution in [2.75, 3.05) is 11.9 Å². The average molecular weight is 371 g/mol. The Morgan fingerprint density at radius 1 is 1.30 bits per heavy atom. The smallest absolute Gasteiger partial charge is 0.312 e. The van der Waals surface area contributed by atoms with Crippen molar-refractivity contribution in [1.82, 2.24) is 14.7 Å². The van der Waals surface area contributed by atoms with Crippen molar-refractivity contribution in [1.29, 1.82) is 0 Å². The Bertz CT molecular complexity index is 877. The fourth-order valence-corrected chi connectivity index (χ4v) is 3.41. The van der Waals surface area contributed by atoms with Crippen LogP contribution in [0.5, 0.6) is 0 Å². The lowest BCUT2D eigenvalue weighted by Gasteiger charge is -2.24. The molecule has 1 N–H and O–H groups in total. The van der Waals surface area contributed by atoms with Crippen LogP contribution >= 0.6 is 0 Å². The molecule has 27 heavy (non-hydrogen) atoms. The number of benzene rings is 1. The van der Waals surface area contributed by atoms with Crippen LogP contribution in [0.1, 0.15) is 24.2 Å². The number of likely N-dealkylation sites (tertiary alicyclic amines) is 1. The van der Waals surface area contributed by atoms with E-state index in [2.05, 4.69) is 10.4 Å². The fraction of sp³-hybridized carbons (Fsp3) is 0.389. The number of nitrogens with one attached hydrogen (secondary N) is 1. The topological polar surface area (TPSA) is 110 Å². The third-order valence-corrected chi connectivity index (χ3v) is 4.73. The van der Waals surface area contributed by atoms with E-state index in [4.69, 9.17) is 0 Å². The van der Waals surface area contributed by atoms with Crippen molar-refractivity contribution in [3.05, 3.63) is 51.8 Å². The van der Waals surface area contributed by atoms with Crippen molar-refractivity contribution >= 4 is 23.2 Å². The SMILES string of the molecule is Cc1nn(CC(=O)N2CCC[C@@H]2C(=O)Nc2ccccc2)c(C)c1[N+](=O)[O-]. The maximum atomic E-state index is 12.7. The molecule has 1 aliphatic rings. The highest BCUT2D eigenvalue weighted by Gasteiger charge is 2.35. The van der Waals surface area contributed by atoms with Gasteiger partial charge in [0.05, 0.1) is 4.92 Å². The number of amides is 2. The second-order valence-electron chi connectivity index (χ2n) is 6.53. The van der Waals surface area contributed by atoms with E-state index < -0.39 is 11.0 Å². The van der Waals surface area contributed by atoms with Crippen LogP contribution in [0.4, 0.5) is 11.4 Å². The molecule has 142 valence electrons. The lowest BCUT2D eigenvalue weighted by molar-refractivity contribution is -0.386. The lowest BCUT2D eigenvalue weighted by atomic mass is 10.2. The third-order valence-electron chi connectivity index (χ3n) is 4.73. The fourth-order valence-electron chi connectivity index (χ4n) is 3.41. The summed E-state index contributed by atoms with van der Waals surface area (Å²) in [7, 11) is 0. The molecular weight excluding hydrogens is 350 g/mol. The molecule has 2 aromatic rings. The summed E-state index contributed by atoms with van der Waals surface area (Å²) >= 11 is 0. The second kappa shape index (κ2) is 7.56. The summed E-state index contributed by atoms with van der Waals surface area (Å²) in [5.41, 5.74) is 1.19. The van der Waals surface area contributed by atoms with Crippen LogP contribution in [0, 0.1) is 24.0 Å². The van der Waals surface area contributed by atoms with Crippen molar-refractivity contribution in [2.24, 2.45) is 0 Å². The van der Waals surface area contributed by atoms with Gasteiger partial charge in [0.2, 0.25) is 11.8 Å². The number of aryl methyl sites for hydroxylation is 1. The molecule has 9 nitrogen and oxygen atoms in total. The highest BCUT2D eigenvalue weighted by molar-refractivity contribution is 5.97. The summed E-state index contributed by atoms with van der Waals surface area (Å²) in [4.78, 5) is 37.5. The van der Waals surface area contributed by atoms with Crippen LogP contribution in [0.2, 0.25) is 0 Å². The second-order valence-corrected chi connectivity index (χ2v) is 6.53. The normalized spacial score (nSPS) is 16.4. The predicted octanol–water partition coefficient (Wildman–Crippen LogP) is 2.04. The first-order chi connectivity index (χ1) is 12.9. The number of para-hydroxylation sites is 1. The van der Waals surface area contributed by atoms with E-state index in [1.165, 1.54) is 16.5 Å². The van der Waals surface area contributed by atoms with Crippen LogP contribution < -0.4 is 5.32 Å². The first-order valence-electron chi connectivity index (χ1n) is 8.72. The Hall–Kier alpha value is -3.23. The molecule has 0 saturated carbocycles. The average Bonchev–Trinajstić information content (AvgIpc) is 3.21. The van der Waals surface area contributed by atoms with Gasteiger partial charge in [-0.3, -0.25) is 24.4 Å². The third kappa shape index (κ3) is 3.81. The maximum absolute atomic E-state index is 12.7. The highest BCUT2D eigenvalue weighted by atomic mass is 16.6. The van der Waals surface area contributed by atoms with Crippen molar-refractivity contribution in [3.63, 3.8) is 0 Å². The van der Waals surface area contributed by atoms with Gasteiger partial charge in [0.25, 0.3) is 0 Å². The molecule has 1 aromatic heterocycles. The minimum atomic E-state index is -0.551. The van der Waals surface area contributed by atoms with Crippen molar-refractivity contribution in [3.8, 4) is 0 Å². The molecule has 1 aliphatic heterocycles. The zero-order chi connectivity index (χ0) is 19.6. The molecule has 2 heterocycles. The van der Waals surface area contributed by atoms with Crippen LogP contribution in [-0.2, 0) is 16.1 Å². The predicted molar refractivity (Wildman–Crippen MR) is 98.2 cm³/mol. The maximum Gasteiger partial charge on any atom is 0.312 e. The lowest BCUT2D eigenvalue weighted by Crippen LogP contribution is -2.44. The summed E-state index contributed by atoms with van der Waals surface area (Å²) in [6.07, 6.45) is 1.32. The number of nitrogens with zero attached hydrogens (tertiary/aromatic N) is 4. The highest BCUT2D eigenvalue weighted by Crippen LogP contribution is 2.23. The zero-order valence-electron chi connectivity index (χ0n) is 15.2. The molecule has 1 aromatic carbocycles. The zero-order valence-corrected chi connectivity index (χ0v) is 15.2. The molecule has 9 heteroatoms. The number of carbonyl (C=O) groups is 2. The number of hydrogen-bond donors (Lipinski definition) is 1. The van der Waals surface area contributed by atoms with Gasteiger partial charge in [0, 0.05) is 12.2 Å². The molecule has 3 rings (SSSR count). The number of hydrogen-bond acceptors (Lipinski definition) is 5. The van der Waals surface area contributed by atoms with E-state index in [1.807, 2.05) is 18.2 Å². The number of carbonyl (C=O) groups excluding carboxylic acids is 2. The van der Waals surface area contributed by atoms with E-state index in [0.717, 1.165) is 6.42 Å². The summed E-state index contributed by atoms with van der Waals surface area (Å²) in [5, 5.41) is 18.1. The van der Waals surface area contributed by atoms with Crippen molar-refractivity contribution in [2.45, 2.75) is 39.3 Å². The largest absolute Gasteiger partial charge is 0.329 e. The quantitative estimate of drug-likeness (QED) is 0.639. The number of aromatic nitrogens is 2. The Balaban J connectivity index is 1.71. The molecule has 1 fully saturated rings. The van der Waals surface area contributed by atoms with Crippen LogP contribution in [0.15, 0.2) is 30.3 Å². The van der Waals surface area contributed by atoms with E-state index in [9.17, 15) is 19.7 Å².